The third-order valence-electron chi connectivity index (χ3n) is 20.0. The molecule has 18 rings (SSSR count). The summed E-state index contributed by atoms with van der Waals surface area (Å²) in [6.07, 6.45) is 13.8. The van der Waals surface area contributed by atoms with Gasteiger partial charge in [0.25, 0.3) is 0 Å². The molecule has 90 heavy (non-hydrogen) atoms. The van der Waals surface area contributed by atoms with Gasteiger partial charge in [-0.15, -0.1) is 0 Å². The molecule has 14 aromatic rings. The summed E-state index contributed by atoms with van der Waals surface area (Å²) in [5.74, 6) is 0.831. The van der Waals surface area contributed by atoms with Crippen LogP contribution in [0.25, 0.3) is 126 Å². The summed E-state index contributed by atoms with van der Waals surface area (Å²) in [7, 11) is -1.47. The zero-order chi connectivity index (χ0) is 61.0. The van der Waals surface area contributed by atoms with Crippen molar-refractivity contribution in [2.75, 3.05) is 0 Å². The smallest absolute Gasteiger partial charge is 0.423 e. The topological polar surface area (TPSA) is 40.5 Å². The lowest BCUT2D eigenvalue weighted by Crippen LogP contribution is -2.30. The summed E-state index contributed by atoms with van der Waals surface area (Å²) < 4.78 is 1.12. The highest BCUT2D eigenvalue weighted by Crippen LogP contribution is 2.52. The van der Waals surface area contributed by atoms with E-state index in [1.807, 2.05) is 48.5 Å². The number of hydrogen-bond acceptors (Lipinski definition) is 2. The Labute approximate surface area is 534 Å². The number of allylic oxidation sites excluding steroid dienone is 5. The Hall–Kier alpha value is -9.68. The summed E-state index contributed by atoms with van der Waals surface area (Å²) >= 11 is 3.59. The van der Waals surface area contributed by atoms with E-state index < -0.39 is 7.12 Å². The van der Waals surface area contributed by atoms with Gasteiger partial charge >= 0.3 is 7.12 Å². The third kappa shape index (κ3) is 9.31. The molecule has 0 amide bonds. The molecule has 4 heteroatoms. The molecule has 0 aliphatic heterocycles. The summed E-state index contributed by atoms with van der Waals surface area (Å²) in [5, 5.41) is 33.6. The van der Waals surface area contributed by atoms with Gasteiger partial charge < -0.3 is 10.0 Å². The molecule has 0 fully saturated rings. The summed E-state index contributed by atoms with van der Waals surface area (Å²) in [6.45, 7) is 9.37. The molecule has 0 aromatic heterocycles. The normalized spacial score (nSPS) is 15.8. The van der Waals surface area contributed by atoms with Crippen LogP contribution in [-0.2, 0) is 10.8 Å². The van der Waals surface area contributed by atoms with Gasteiger partial charge in [-0.05, 0) is 208 Å². The minimum atomic E-state index is -1.47. The fraction of sp³-hybridized carbons (Fsp3) is 0.0930. The lowest BCUT2D eigenvalue weighted by Gasteiger charge is -2.29. The predicted octanol–water partition coefficient (Wildman–Crippen LogP) is 21.9. The molecular formula is C86H64BBrO2. The van der Waals surface area contributed by atoms with E-state index in [2.05, 4.69) is 286 Å². The number of hydrogen-bond donors (Lipinski definition) is 2. The fourth-order valence-electron chi connectivity index (χ4n) is 15.4. The first kappa shape index (κ1) is 55.6. The van der Waals surface area contributed by atoms with Crippen molar-refractivity contribution in [3.63, 3.8) is 0 Å². The monoisotopic (exact) mass is 1220 g/mol. The molecule has 4 aliphatic rings. The number of halogens is 1. The molecule has 0 radical (unpaired) electrons. The van der Waals surface area contributed by atoms with Crippen molar-refractivity contribution in [3.05, 3.63) is 323 Å². The van der Waals surface area contributed by atoms with E-state index in [4.69, 9.17) is 0 Å². The van der Waals surface area contributed by atoms with E-state index in [-0.39, 0.29) is 10.8 Å². The molecule has 0 spiro atoms. The van der Waals surface area contributed by atoms with E-state index >= 15 is 0 Å². The van der Waals surface area contributed by atoms with E-state index in [0.29, 0.717) is 17.3 Å². The van der Waals surface area contributed by atoms with Gasteiger partial charge in [-0.1, -0.05) is 286 Å². The Bertz CT molecular complexity index is 5390. The molecule has 14 aromatic carbocycles. The second-order valence-corrected chi connectivity index (χ2v) is 26.7. The maximum atomic E-state index is 9.65. The first-order valence-corrected chi connectivity index (χ1v) is 32.2. The zero-order valence-electron chi connectivity index (χ0n) is 50.7. The van der Waals surface area contributed by atoms with Crippen LogP contribution in [0.4, 0.5) is 0 Å². The van der Waals surface area contributed by atoms with Gasteiger partial charge in [0.15, 0.2) is 0 Å². The number of rotatable bonds is 4. The highest BCUT2D eigenvalue weighted by Gasteiger charge is 2.37. The van der Waals surface area contributed by atoms with Crippen molar-refractivity contribution < 1.29 is 10.0 Å². The van der Waals surface area contributed by atoms with Crippen LogP contribution in [0.3, 0.4) is 0 Å². The van der Waals surface area contributed by atoms with Gasteiger partial charge in [-0.3, -0.25) is 0 Å². The molecule has 2 unspecified atom stereocenters. The first-order valence-electron chi connectivity index (χ1n) is 31.4. The molecule has 2 nitrogen and oxygen atoms in total. The minimum Gasteiger partial charge on any atom is -0.423 e. The molecule has 2 N–H and O–H groups in total. The molecular weight excluding hydrogens is 1160 g/mol. The van der Waals surface area contributed by atoms with Crippen molar-refractivity contribution in [1.29, 1.82) is 0 Å². The van der Waals surface area contributed by atoms with Crippen molar-refractivity contribution in [3.8, 4) is 55.6 Å². The average molecular weight is 1220 g/mol. The van der Waals surface area contributed by atoms with Crippen LogP contribution in [0.5, 0.6) is 0 Å². The average Bonchev–Trinajstić information content (AvgIpc) is 1.45. The SMILES string of the molecule is CC1(C)c2ccccc2-c2ccc(-c3ccc4ccc(-c5cc6c(c7ccccc57)C5C=CC=CC5C=C6)cc4c3)cc21.CC1(C)c2ccccc2-c2ccc(-c3ccc4ccc(Br)cc4c3)cc21.OB(O)c1cc2ccc3ccccc3c2c2ccccc12. The maximum absolute atomic E-state index is 9.65. The Morgan fingerprint density at radius 2 is 0.822 bits per heavy atom. The van der Waals surface area contributed by atoms with Crippen LogP contribution >= 0.6 is 15.9 Å². The lowest BCUT2D eigenvalue weighted by molar-refractivity contribution is 0.426. The van der Waals surface area contributed by atoms with Crippen LogP contribution in [-0.4, -0.2) is 17.2 Å². The summed E-state index contributed by atoms with van der Waals surface area (Å²) in [6, 6.07) is 92.2. The molecule has 430 valence electrons. The van der Waals surface area contributed by atoms with Crippen LogP contribution in [0, 0.1) is 5.92 Å². The Balaban J connectivity index is 0.000000117. The van der Waals surface area contributed by atoms with Gasteiger partial charge in [0.1, 0.15) is 0 Å². The molecule has 2 atom stereocenters. The fourth-order valence-corrected chi connectivity index (χ4v) is 15.7. The van der Waals surface area contributed by atoms with Crippen molar-refractivity contribution in [2.24, 2.45) is 5.92 Å². The number of benzene rings is 14. The van der Waals surface area contributed by atoms with Gasteiger partial charge in [0.2, 0.25) is 0 Å². The van der Waals surface area contributed by atoms with Crippen molar-refractivity contribution in [1.82, 2.24) is 0 Å². The number of fused-ring (bicyclic) bond motifs is 18. The van der Waals surface area contributed by atoms with E-state index in [9.17, 15) is 10.0 Å². The Morgan fingerprint density at radius 1 is 0.344 bits per heavy atom. The maximum Gasteiger partial charge on any atom is 0.489 e. The highest BCUT2D eigenvalue weighted by molar-refractivity contribution is 9.10. The van der Waals surface area contributed by atoms with E-state index in [0.717, 1.165) is 26.0 Å². The van der Waals surface area contributed by atoms with E-state index in [1.165, 1.54) is 132 Å². The van der Waals surface area contributed by atoms with Crippen LogP contribution in [0.1, 0.15) is 67.0 Å². The van der Waals surface area contributed by atoms with Crippen LogP contribution in [0.2, 0.25) is 0 Å². The first-order chi connectivity index (χ1) is 43.8. The molecule has 0 saturated carbocycles. The van der Waals surface area contributed by atoms with E-state index in [1.54, 1.807) is 0 Å². The van der Waals surface area contributed by atoms with Gasteiger partial charge in [0.05, 0.1) is 0 Å². The molecule has 4 aliphatic carbocycles. The van der Waals surface area contributed by atoms with Gasteiger partial charge in [-0.25, -0.2) is 0 Å². The minimum absolute atomic E-state index is 0.00235. The standard InChI is InChI=1S/C43H32.C25H19Br.C18H13BO2/c1-43(2)40-14-8-7-12-36(40)37-22-21-30(26-41(37)43)29-18-15-27-16-19-31(24-33(27)23-29)39-25-32-20-17-28-9-3-4-10-34(28)42(32)38-13-6-5-11-35(38)39;1-25(2)23-6-4-3-5-21(23)22-12-10-18(15-24(22)25)17-8-7-16-9-11-20(26)14-19(16)13-17;20-19(21)17-11-13-10-9-12-5-1-2-6-14(12)18(13)16-8-4-3-7-15(16)17/h3-26,28,34H,1-2H3;3-15H,1-2H3;1-11,20-21H. The van der Waals surface area contributed by atoms with Crippen molar-refractivity contribution in [2.45, 2.75) is 44.4 Å². The Kier molecular flexibility index (Phi) is 13.5. The van der Waals surface area contributed by atoms with Crippen LogP contribution < -0.4 is 5.46 Å². The zero-order valence-corrected chi connectivity index (χ0v) is 52.3. The molecule has 0 bridgehead atoms. The molecule has 0 heterocycles. The summed E-state index contributed by atoms with van der Waals surface area (Å²) in [4.78, 5) is 0. The third-order valence-corrected chi connectivity index (χ3v) is 20.5. The largest absolute Gasteiger partial charge is 0.489 e. The second kappa shape index (κ2) is 21.8. The second-order valence-electron chi connectivity index (χ2n) is 25.8. The van der Waals surface area contributed by atoms with Gasteiger partial charge in [0, 0.05) is 27.1 Å². The lowest BCUT2D eigenvalue weighted by atomic mass is 9.74. The summed E-state index contributed by atoms with van der Waals surface area (Å²) in [5.41, 5.74) is 22.2. The predicted molar refractivity (Wildman–Crippen MR) is 387 cm³/mol. The van der Waals surface area contributed by atoms with Crippen molar-refractivity contribution >= 4 is 99.2 Å². The van der Waals surface area contributed by atoms with Crippen LogP contribution in [0.15, 0.2) is 290 Å². The highest BCUT2D eigenvalue weighted by atomic mass is 79.9. The molecule has 0 saturated heterocycles. The van der Waals surface area contributed by atoms with Gasteiger partial charge in [-0.2, -0.15) is 0 Å². The quantitative estimate of drug-likeness (QED) is 0.136. The Morgan fingerprint density at radius 3 is 1.48 bits per heavy atom.